The summed E-state index contributed by atoms with van der Waals surface area (Å²) in [5.74, 6) is 1.21. The fraction of sp³-hybridized carbons (Fsp3) is 0.562. The van der Waals surface area contributed by atoms with E-state index in [0.717, 1.165) is 17.7 Å². The fourth-order valence-corrected chi connectivity index (χ4v) is 2.49. The van der Waals surface area contributed by atoms with Crippen molar-refractivity contribution in [2.75, 3.05) is 6.61 Å². The van der Waals surface area contributed by atoms with Gasteiger partial charge >= 0.3 is 0 Å². The third kappa shape index (κ3) is 4.11. The molecular formula is C16H24N2O3. The maximum Gasteiger partial charge on any atom is 0.258 e. The minimum Gasteiger partial charge on any atom is -0.487 e. The van der Waals surface area contributed by atoms with E-state index in [2.05, 4.69) is 5.32 Å². The Bertz CT molecular complexity index is 526. The van der Waals surface area contributed by atoms with Gasteiger partial charge in [0, 0.05) is 30.1 Å². The Morgan fingerprint density at radius 2 is 2.24 bits per heavy atom. The number of rotatable bonds is 4. The third-order valence-electron chi connectivity index (χ3n) is 3.30. The number of benzene rings is 1. The van der Waals surface area contributed by atoms with Gasteiger partial charge in [-0.3, -0.25) is 4.79 Å². The van der Waals surface area contributed by atoms with E-state index in [1.807, 2.05) is 39.8 Å². The largest absolute Gasteiger partial charge is 0.487 e. The van der Waals surface area contributed by atoms with Crippen molar-refractivity contribution in [2.24, 2.45) is 5.73 Å². The lowest BCUT2D eigenvalue weighted by Gasteiger charge is -2.36. The summed E-state index contributed by atoms with van der Waals surface area (Å²) in [6.45, 7) is 7.84. The van der Waals surface area contributed by atoms with E-state index < -0.39 is 0 Å². The van der Waals surface area contributed by atoms with E-state index in [1.165, 1.54) is 0 Å². The van der Waals surface area contributed by atoms with Crippen LogP contribution in [-0.4, -0.2) is 24.2 Å². The Hall–Kier alpha value is -1.75. The maximum absolute atomic E-state index is 11.6. The average molecular weight is 292 g/mol. The highest BCUT2D eigenvalue weighted by Gasteiger charge is 2.31. The van der Waals surface area contributed by atoms with E-state index in [-0.39, 0.29) is 30.2 Å². The van der Waals surface area contributed by atoms with Gasteiger partial charge in [0.2, 0.25) is 0 Å². The van der Waals surface area contributed by atoms with Crippen LogP contribution in [0.15, 0.2) is 18.2 Å². The summed E-state index contributed by atoms with van der Waals surface area (Å²) in [6, 6.07) is 5.60. The highest BCUT2D eigenvalue weighted by atomic mass is 16.5. The summed E-state index contributed by atoms with van der Waals surface area (Å²) in [4.78, 5) is 11.6. The first kappa shape index (κ1) is 15.6. The van der Waals surface area contributed by atoms with Crippen molar-refractivity contribution in [3.63, 3.8) is 0 Å². The lowest BCUT2D eigenvalue weighted by molar-refractivity contribution is -0.123. The van der Waals surface area contributed by atoms with Crippen LogP contribution in [0.3, 0.4) is 0 Å². The van der Waals surface area contributed by atoms with Gasteiger partial charge in [0.25, 0.3) is 5.91 Å². The monoisotopic (exact) mass is 292 g/mol. The van der Waals surface area contributed by atoms with E-state index in [4.69, 9.17) is 15.2 Å². The predicted molar refractivity (Wildman–Crippen MR) is 81.5 cm³/mol. The first-order valence-corrected chi connectivity index (χ1v) is 7.27. The number of ether oxygens (including phenoxy) is 2. The molecule has 21 heavy (non-hydrogen) atoms. The second-order valence-electron chi connectivity index (χ2n) is 6.38. The number of hydrogen-bond donors (Lipinski definition) is 2. The molecule has 1 heterocycles. The van der Waals surface area contributed by atoms with Gasteiger partial charge in [-0.1, -0.05) is 6.07 Å². The molecule has 3 N–H and O–H groups in total. The molecule has 0 aromatic heterocycles. The molecule has 1 aliphatic heterocycles. The van der Waals surface area contributed by atoms with Crippen LogP contribution < -0.4 is 20.5 Å². The van der Waals surface area contributed by atoms with Gasteiger partial charge in [0.15, 0.2) is 6.61 Å². The van der Waals surface area contributed by atoms with Crippen molar-refractivity contribution in [1.29, 1.82) is 0 Å². The molecular weight excluding hydrogens is 268 g/mol. The highest BCUT2D eigenvalue weighted by molar-refractivity contribution is 5.77. The standard InChI is InChI=1S/C16H24N2O3/c1-10(2)18-15(19)9-20-11-5-6-12-13(17)8-16(3,4)21-14(12)7-11/h5-7,10,13H,8-9,17H2,1-4H3,(H,18,19). The summed E-state index contributed by atoms with van der Waals surface area (Å²) in [7, 11) is 0. The molecule has 5 heteroatoms. The minimum atomic E-state index is -0.292. The van der Waals surface area contributed by atoms with E-state index in [9.17, 15) is 4.79 Å². The molecule has 2 rings (SSSR count). The number of hydrogen-bond acceptors (Lipinski definition) is 4. The topological polar surface area (TPSA) is 73.6 Å². The molecule has 1 atom stereocenters. The van der Waals surface area contributed by atoms with E-state index in [0.29, 0.717) is 5.75 Å². The molecule has 0 bridgehead atoms. The van der Waals surface area contributed by atoms with Gasteiger partial charge in [0.05, 0.1) is 0 Å². The van der Waals surface area contributed by atoms with Crippen LogP contribution in [-0.2, 0) is 4.79 Å². The van der Waals surface area contributed by atoms with Crippen LogP contribution in [0.1, 0.15) is 45.7 Å². The number of nitrogens with one attached hydrogen (secondary N) is 1. The van der Waals surface area contributed by atoms with Gasteiger partial charge < -0.3 is 20.5 Å². The molecule has 0 saturated carbocycles. The van der Waals surface area contributed by atoms with Crippen LogP contribution in [0, 0.1) is 0 Å². The van der Waals surface area contributed by atoms with Crippen LogP contribution in [0.4, 0.5) is 0 Å². The van der Waals surface area contributed by atoms with Crippen LogP contribution in [0.2, 0.25) is 0 Å². The zero-order chi connectivity index (χ0) is 15.6. The van der Waals surface area contributed by atoms with Crippen molar-refractivity contribution < 1.29 is 14.3 Å². The summed E-state index contributed by atoms with van der Waals surface area (Å²) >= 11 is 0. The van der Waals surface area contributed by atoms with Crippen LogP contribution in [0.5, 0.6) is 11.5 Å². The van der Waals surface area contributed by atoms with Crippen molar-refractivity contribution in [1.82, 2.24) is 5.32 Å². The van der Waals surface area contributed by atoms with Gasteiger partial charge in [-0.2, -0.15) is 0 Å². The minimum absolute atomic E-state index is 0.00753. The summed E-state index contributed by atoms with van der Waals surface area (Å²) in [5, 5.41) is 2.78. The van der Waals surface area contributed by atoms with E-state index in [1.54, 1.807) is 6.07 Å². The smallest absolute Gasteiger partial charge is 0.258 e. The molecule has 1 aliphatic rings. The van der Waals surface area contributed by atoms with Gasteiger partial charge in [-0.15, -0.1) is 0 Å². The second-order valence-corrected chi connectivity index (χ2v) is 6.38. The molecule has 0 saturated heterocycles. The predicted octanol–water partition coefficient (Wildman–Crippen LogP) is 2.15. The summed E-state index contributed by atoms with van der Waals surface area (Å²) in [5.41, 5.74) is 6.85. The average Bonchev–Trinajstić information content (AvgIpc) is 2.33. The molecule has 116 valence electrons. The Kier molecular flexibility index (Phi) is 4.42. The molecule has 0 fully saturated rings. The summed E-state index contributed by atoms with van der Waals surface area (Å²) in [6.07, 6.45) is 0.775. The lowest BCUT2D eigenvalue weighted by atomic mass is 9.90. The zero-order valence-electron chi connectivity index (χ0n) is 13.1. The summed E-state index contributed by atoms with van der Waals surface area (Å²) < 4.78 is 11.4. The number of carbonyl (C=O) groups is 1. The molecule has 1 aromatic rings. The fourth-order valence-electron chi connectivity index (χ4n) is 2.49. The lowest BCUT2D eigenvalue weighted by Crippen LogP contribution is -2.37. The maximum atomic E-state index is 11.6. The Morgan fingerprint density at radius 3 is 2.90 bits per heavy atom. The number of fused-ring (bicyclic) bond motifs is 1. The van der Waals surface area contributed by atoms with Gasteiger partial charge in [-0.25, -0.2) is 0 Å². The number of nitrogens with two attached hydrogens (primary N) is 1. The SMILES string of the molecule is CC(C)NC(=O)COc1ccc2c(c1)OC(C)(C)CC2N. The normalized spacial score (nSPS) is 19.6. The Morgan fingerprint density at radius 1 is 1.52 bits per heavy atom. The molecule has 5 nitrogen and oxygen atoms in total. The van der Waals surface area contributed by atoms with Crippen molar-refractivity contribution in [2.45, 2.75) is 51.8 Å². The van der Waals surface area contributed by atoms with Gasteiger partial charge in [0.1, 0.15) is 17.1 Å². The van der Waals surface area contributed by atoms with Crippen LogP contribution in [0.25, 0.3) is 0 Å². The Balaban J connectivity index is 2.05. The number of carbonyl (C=O) groups excluding carboxylic acids is 1. The first-order valence-electron chi connectivity index (χ1n) is 7.27. The number of amides is 1. The Labute approximate surface area is 125 Å². The quantitative estimate of drug-likeness (QED) is 0.892. The molecule has 0 spiro atoms. The second kappa shape index (κ2) is 5.93. The zero-order valence-corrected chi connectivity index (χ0v) is 13.1. The molecule has 1 amide bonds. The van der Waals surface area contributed by atoms with Crippen LogP contribution >= 0.6 is 0 Å². The third-order valence-corrected chi connectivity index (χ3v) is 3.30. The van der Waals surface area contributed by atoms with Crippen molar-refractivity contribution in [3.05, 3.63) is 23.8 Å². The highest BCUT2D eigenvalue weighted by Crippen LogP contribution is 2.39. The molecule has 0 aliphatic carbocycles. The molecule has 1 aromatic carbocycles. The van der Waals surface area contributed by atoms with E-state index >= 15 is 0 Å². The molecule has 0 radical (unpaired) electrons. The first-order chi connectivity index (χ1) is 9.77. The van der Waals surface area contributed by atoms with Crippen molar-refractivity contribution >= 4 is 5.91 Å². The van der Waals surface area contributed by atoms with Gasteiger partial charge in [-0.05, 0) is 33.8 Å². The molecule has 1 unspecified atom stereocenters. The van der Waals surface area contributed by atoms with Crippen molar-refractivity contribution in [3.8, 4) is 11.5 Å².